The summed E-state index contributed by atoms with van der Waals surface area (Å²) in [6.07, 6.45) is 0. The minimum absolute atomic E-state index is 0.125. The fraction of sp³-hybridized carbons (Fsp3) is 0.450. The number of urea groups is 2. The molecule has 0 spiro atoms. The number of benzene rings is 1. The summed E-state index contributed by atoms with van der Waals surface area (Å²) in [6, 6.07) is 2.96. The van der Waals surface area contributed by atoms with Gasteiger partial charge in [-0.3, -0.25) is 14.9 Å². The number of nitrogens with one attached hydrogen (secondary N) is 4. The number of amides is 5. The van der Waals surface area contributed by atoms with Crippen LogP contribution in [0, 0.1) is 0 Å². The molecule has 12 nitrogen and oxygen atoms in total. The van der Waals surface area contributed by atoms with Gasteiger partial charge >= 0.3 is 24.0 Å². The first-order valence-electron chi connectivity index (χ1n) is 10.1. The molecule has 2 aliphatic rings. The summed E-state index contributed by atoms with van der Waals surface area (Å²) in [4.78, 5) is 62.0. The lowest BCUT2D eigenvalue weighted by Gasteiger charge is -2.26. The van der Waals surface area contributed by atoms with Gasteiger partial charge in [0, 0.05) is 17.8 Å². The zero-order valence-corrected chi connectivity index (χ0v) is 18.7. The SMILES string of the molecule is CC1(C)SC(C(NC(=O)C(NC(=O)N2CCNC2=O)c2ccccc2)C(=O)O)N[C@H]1C(=O)O. The van der Waals surface area contributed by atoms with E-state index in [1.165, 1.54) is 0 Å². The fourth-order valence-electron chi connectivity index (χ4n) is 3.64. The van der Waals surface area contributed by atoms with Crippen LogP contribution in [0.3, 0.4) is 0 Å². The van der Waals surface area contributed by atoms with E-state index in [2.05, 4.69) is 21.3 Å². The van der Waals surface area contributed by atoms with E-state index in [4.69, 9.17) is 0 Å². The van der Waals surface area contributed by atoms with Crippen molar-refractivity contribution in [3.8, 4) is 0 Å². The molecule has 0 radical (unpaired) electrons. The van der Waals surface area contributed by atoms with Gasteiger partial charge in [0.25, 0.3) is 0 Å². The average molecular weight is 480 g/mol. The van der Waals surface area contributed by atoms with Gasteiger partial charge < -0.3 is 26.2 Å². The van der Waals surface area contributed by atoms with Crippen molar-refractivity contribution in [3.63, 3.8) is 0 Å². The quantitative estimate of drug-likeness (QED) is 0.312. The Morgan fingerprint density at radius 1 is 1.15 bits per heavy atom. The van der Waals surface area contributed by atoms with Gasteiger partial charge in [-0.15, -0.1) is 11.8 Å². The summed E-state index contributed by atoms with van der Waals surface area (Å²) in [7, 11) is 0. The summed E-state index contributed by atoms with van der Waals surface area (Å²) in [5.74, 6) is -3.32. The number of imide groups is 1. The summed E-state index contributed by atoms with van der Waals surface area (Å²) >= 11 is 1.09. The molecule has 2 heterocycles. The third kappa shape index (κ3) is 5.37. The molecule has 1 aromatic carbocycles. The minimum Gasteiger partial charge on any atom is -0.480 e. The molecule has 178 valence electrons. The Balaban J connectivity index is 1.81. The molecular weight excluding hydrogens is 454 g/mol. The van der Waals surface area contributed by atoms with Crippen LogP contribution >= 0.6 is 11.8 Å². The zero-order chi connectivity index (χ0) is 24.3. The van der Waals surface area contributed by atoms with Crippen molar-refractivity contribution in [1.82, 2.24) is 26.2 Å². The fourth-order valence-corrected chi connectivity index (χ4v) is 5.13. The number of carbonyl (C=O) groups is 5. The highest BCUT2D eigenvalue weighted by Crippen LogP contribution is 2.39. The topological polar surface area (TPSA) is 177 Å². The van der Waals surface area contributed by atoms with E-state index in [1.54, 1.807) is 44.2 Å². The van der Waals surface area contributed by atoms with Gasteiger partial charge in [-0.2, -0.15) is 0 Å². The Morgan fingerprint density at radius 3 is 2.33 bits per heavy atom. The Hall–Kier alpha value is -3.32. The zero-order valence-electron chi connectivity index (χ0n) is 17.9. The van der Waals surface area contributed by atoms with Crippen LogP contribution in [0.4, 0.5) is 9.59 Å². The second-order valence-corrected chi connectivity index (χ2v) is 9.88. The third-order valence-electron chi connectivity index (χ3n) is 5.34. The molecule has 13 heteroatoms. The lowest BCUT2D eigenvalue weighted by molar-refractivity contribution is -0.143. The Labute approximate surface area is 193 Å². The van der Waals surface area contributed by atoms with Gasteiger partial charge in [-0.05, 0) is 19.4 Å². The highest BCUT2D eigenvalue weighted by Gasteiger charge is 2.49. The van der Waals surface area contributed by atoms with Crippen molar-refractivity contribution in [3.05, 3.63) is 35.9 Å². The van der Waals surface area contributed by atoms with Gasteiger partial charge in [0.05, 0.1) is 5.37 Å². The standard InChI is InChI=1S/C20H25N5O7S/c1-20(2)13(17(29)30)24-15(33-20)12(16(27)28)22-14(26)11(10-6-4-3-5-7-10)23-19(32)25-9-8-21-18(25)31/h3-7,11-13,15,24H,8-9H2,1-2H3,(H,21,31)(H,22,26)(H,23,32)(H,27,28)(H,29,30)/t11?,12?,13-,15?/m0/s1. The second-order valence-electron chi connectivity index (χ2n) is 8.08. The summed E-state index contributed by atoms with van der Waals surface area (Å²) < 4.78 is -0.828. The van der Waals surface area contributed by atoms with Crippen molar-refractivity contribution >= 4 is 41.7 Å². The monoisotopic (exact) mass is 479 g/mol. The number of hydrogen-bond acceptors (Lipinski definition) is 7. The van der Waals surface area contributed by atoms with Crippen LogP contribution in [0.5, 0.6) is 0 Å². The Kier molecular flexibility index (Phi) is 7.12. The van der Waals surface area contributed by atoms with E-state index in [1.807, 2.05) is 0 Å². The van der Waals surface area contributed by atoms with Crippen LogP contribution in [0.15, 0.2) is 30.3 Å². The number of nitrogens with zero attached hydrogens (tertiary/aromatic N) is 1. The smallest absolute Gasteiger partial charge is 0.328 e. The average Bonchev–Trinajstić information content (AvgIpc) is 3.32. The third-order valence-corrected chi connectivity index (χ3v) is 6.84. The van der Waals surface area contributed by atoms with Gasteiger partial charge in [-0.1, -0.05) is 30.3 Å². The minimum atomic E-state index is -1.48. The highest BCUT2D eigenvalue weighted by molar-refractivity contribution is 8.01. The normalized spacial score (nSPS) is 23.3. The lowest BCUT2D eigenvalue weighted by Crippen LogP contribution is -2.56. The number of carbonyl (C=O) groups excluding carboxylic acids is 3. The Bertz CT molecular complexity index is 957. The number of rotatable bonds is 7. The molecule has 2 fully saturated rings. The van der Waals surface area contributed by atoms with Crippen molar-refractivity contribution in [1.29, 1.82) is 0 Å². The first-order chi connectivity index (χ1) is 15.5. The van der Waals surface area contributed by atoms with Gasteiger partial charge in [-0.25, -0.2) is 19.3 Å². The maximum Gasteiger partial charge on any atom is 0.328 e. The van der Waals surface area contributed by atoms with Crippen molar-refractivity contribution in [2.45, 2.75) is 42.1 Å². The molecule has 6 N–H and O–H groups in total. The predicted octanol–water partition coefficient (Wildman–Crippen LogP) is -0.0738. The van der Waals surface area contributed by atoms with Crippen LogP contribution < -0.4 is 21.3 Å². The molecular formula is C20H25N5O7S. The van der Waals surface area contributed by atoms with Gasteiger partial charge in [0.15, 0.2) is 6.04 Å². The first-order valence-corrected chi connectivity index (χ1v) is 11.0. The van der Waals surface area contributed by atoms with E-state index in [-0.39, 0.29) is 13.1 Å². The van der Waals surface area contributed by atoms with Crippen molar-refractivity contribution < 1.29 is 34.2 Å². The van der Waals surface area contributed by atoms with E-state index in [9.17, 15) is 34.2 Å². The Morgan fingerprint density at radius 2 is 1.82 bits per heavy atom. The second kappa shape index (κ2) is 9.67. The van der Waals surface area contributed by atoms with E-state index < -0.39 is 58.2 Å². The van der Waals surface area contributed by atoms with E-state index in [0.29, 0.717) is 5.56 Å². The number of carboxylic acid groups (broad SMARTS) is 2. The van der Waals surface area contributed by atoms with Crippen LogP contribution in [0.2, 0.25) is 0 Å². The summed E-state index contributed by atoms with van der Waals surface area (Å²) in [5, 5.41) is 28.4. The summed E-state index contributed by atoms with van der Waals surface area (Å²) in [5.41, 5.74) is 0.378. The van der Waals surface area contributed by atoms with Gasteiger partial charge in [0.1, 0.15) is 12.1 Å². The van der Waals surface area contributed by atoms with E-state index >= 15 is 0 Å². The molecule has 0 bridgehead atoms. The molecule has 2 saturated heterocycles. The highest BCUT2D eigenvalue weighted by atomic mass is 32.2. The number of thioether (sulfide) groups is 1. The lowest BCUT2D eigenvalue weighted by atomic mass is 10.0. The first kappa shape index (κ1) is 24.3. The number of carboxylic acids is 2. The molecule has 3 rings (SSSR count). The molecule has 2 aliphatic heterocycles. The number of aliphatic carboxylic acids is 2. The maximum atomic E-state index is 13.2. The largest absolute Gasteiger partial charge is 0.480 e. The van der Waals surface area contributed by atoms with Crippen LogP contribution in [0.25, 0.3) is 0 Å². The van der Waals surface area contributed by atoms with E-state index in [0.717, 1.165) is 16.7 Å². The van der Waals surface area contributed by atoms with Crippen LogP contribution in [-0.4, -0.2) is 80.3 Å². The van der Waals surface area contributed by atoms with Crippen molar-refractivity contribution in [2.24, 2.45) is 0 Å². The maximum absolute atomic E-state index is 13.2. The molecule has 3 unspecified atom stereocenters. The molecule has 1 aromatic rings. The molecule has 0 saturated carbocycles. The van der Waals surface area contributed by atoms with Gasteiger partial charge in [0.2, 0.25) is 5.91 Å². The molecule has 4 atom stereocenters. The molecule has 0 aliphatic carbocycles. The molecule has 33 heavy (non-hydrogen) atoms. The predicted molar refractivity (Wildman–Crippen MR) is 117 cm³/mol. The van der Waals surface area contributed by atoms with Crippen LogP contribution in [0.1, 0.15) is 25.5 Å². The van der Waals surface area contributed by atoms with Crippen LogP contribution in [-0.2, 0) is 14.4 Å². The molecule has 0 aromatic heterocycles. The number of hydrogen-bond donors (Lipinski definition) is 6. The summed E-state index contributed by atoms with van der Waals surface area (Å²) in [6.45, 7) is 3.73. The van der Waals surface area contributed by atoms with Crippen molar-refractivity contribution in [2.75, 3.05) is 13.1 Å². The molecule has 5 amide bonds.